The lowest BCUT2D eigenvalue weighted by atomic mass is 10.1. The summed E-state index contributed by atoms with van der Waals surface area (Å²) in [5, 5.41) is 8.46. The molecule has 0 aliphatic heterocycles. The van der Waals surface area contributed by atoms with Gasteiger partial charge in [-0.15, -0.1) is 0 Å². The number of halogens is 2. The minimum Gasteiger partial charge on any atom is -0.491 e. The summed E-state index contributed by atoms with van der Waals surface area (Å²) in [5.41, 5.74) is -0.663. The van der Waals surface area contributed by atoms with Gasteiger partial charge >= 0.3 is 11.9 Å². The van der Waals surface area contributed by atoms with Gasteiger partial charge in [0.25, 0.3) is 0 Å². The van der Waals surface area contributed by atoms with Crippen LogP contribution >= 0.6 is 0 Å². The maximum absolute atomic E-state index is 13.3. The molecule has 0 bridgehead atoms. The Kier molecular flexibility index (Phi) is 4.39. The minimum absolute atomic E-state index is 0.0726. The molecule has 17 heavy (non-hydrogen) atoms. The molecule has 1 aromatic carbocycles. The Balaban J connectivity index is 2.95. The number of methoxy groups -OCH3 is 1. The van der Waals surface area contributed by atoms with Crippen LogP contribution in [-0.2, 0) is 15.5 Å². The maximum atomic E-state index is 13.3. The van der Waals surface area contributed by atoms with E-state index < -0.39 is 17.5 Å². The molecule has 0 amide bonds. The van der Waals surface area contributed by atoms with E-state index in [1.807, 2.05) is 0 Å². The third-order valence-electron chi connectivity index (χ3n) is 2.04. The first kappa shape index (κ1) is 13.4. The second kappa shape index (κ2) is 5.58. The van der Waals surface area contributed by atoms with Crippen molar-refractivity contribution < 1.29 is 28.2 Å². The first-order chi connectivity index (χ1) is 8.00. The highest BCUT2D eigenvalue weighted by Gasteiger charge is 2.43. The Morgan fingerprint density at radius 1 is 1.35 bits per heavy atom. The predicted molar refractivity (Wildman–Crippen MR) is 55.3 cm³/mol. The number of ether oxygens (including phenoxy) is 2. The first-order valence-electron chi connectivity index (χ1n) is 4.82. The molecule has 0 radical (unpaired) electrons. The van der Waals surface area contributed by atoms with Crippen molar-refractivity contribution in [2.75, 3.05) is 20.3 Å². The summed E-state index contributed by atoms with van der Waals surface area (Å²) < 4.78 is 36.4. The van der Waals surface area contributed by atoms with Crippen molar-refractivity contribution in [3.63, 3.8) is 0 Å². The summed E-state index contributed by atoms with van der Waals surface area (Å²) in [4.78, 5) is 10.5. The number of carbonyl (C=O) groups is 1. The summed E-state index contributed by atoms with van der Waals surface area (Å²) in [6.07, 6.45) is 0. The predicted octanol–water partition coefficient (Wildman–Crippen LogP) is 1.89. The zero-order valence-electron chi connectivity index (χ0n) is 9.15. The molecule has 1 N–H and O–H groups in total. The summed E-state index contributed by atoms with van der Waals surface area (Å²) in [5.74, 6) is -6.33. The van der Waals surface area contributed by atoms with Crippen molar-refractivity contribution in [1.29, 1.82) is 0 Å². The number of rotatable bonds is 6. The fourth-order valence-electron chi connectivity index (χ4n) is 1.20. The average Bonchev–Trinajstić information content (AvgIpc) is 2.29. The molecule has 94 valence electrons. The SMILES string of the molecule is COCCOc1ccccc1C(F)(F)C(=O)O. The molecule has 0 aromatic heterocycles. The van der Waals surface area contributed by atoms with Gasteiger partial charge in [0.05, 0.1) is 12.2 Å². The zero-order chi connectivity index (χ0) is 12.9. The largest absolute Gasteiger partial charge is 0.491 e. The van der Waals surface area contributed by atoms with Crippen molar-refractivity contribution in [2.45, 2.75) is 5.92 Å². The van der Waals surface area contributed by atoms with Gasteiger partial charge in [-0.1, -0.05) is 12.1 Å². The lowest BCUT2D eigenvalue weighted by Crippen LogP contribution is -2.26. The molecule has 0 aliphatic rings. The summed E-state index contributed by atoms with van der Waals surface area (Å²) >= 11 is 0. The Morgan fingerprint density at radius 3 is 2.59 bits per heavy atom. The van der Waals surface area contributed by atoms with Gasteiger partial charge in [0, 0.05) is 7.11 Å². The van der Waals surface area contributed by atoms with Gasteiger partial charge in [-0.05, 0) is 12.1 Å². The van der Waals surface area contributed by atoms with E-state index in [9.17, 15) is 13.6 Å². The number of para-hydroxylation sites is 1. The molecule has 0 saturated heterocycles. The molecule has 4 nitrogen and oxygen atoms in total. The molecule has 0 heterocycles. The standard InChI is InChI=1S/C11H12F2O4/c1-16-6-7-17-9-5-3-2-4-8(9)11(12,13)10(14)15/h2-5H,6-7H2,1H3,(H,14,15). The molecule has 0 fully saturated rings. The quantitative estimate of drug-likeness (QED) is 0.779. The van der Waals surface area contributed by atoms with Crippen molar-refractivity contribution in [3.8, 4) is 5.75 Å². The van der Waals surface area contributed by atoms with E-state index in [0.717, 1.165) is 6.07 Å². The number of alkyl halides is 2. The molecule has 1 aromatic rings. The van der Waals surface area contributed by atoms with Gasteiger partial charge in [-0.25, -0.2) is 4.79 Å². The van der Waals surface area contributed by atoms with Crippen LogP contribution in [0.2, 0.25) is 0 Å². The number of aliphatic carboxylic acids is 1. The van der Waals surface area contributed by atoms with E-state index in [0.29, 0.717) is 0 Å². The summed E-state index contributed by atoms with van der Waals surface area (Å²) in [7, 11) is 1.45. The lowest BCUT2D eigenvalue weighted by Gasteiger charge is -2.16. The number of hydrogen-bond acceptors (Lipinski definition) is 3. The van der Waals surface area contributed by atoms with E-state index in [-0.39, 0.29) is 19.0 Å². The minimum atomic E-state index is -3.97. The lowest BCUT2D eigenvalue weighted by molar-refractivity contribution is -0.166. The molecule has 0 aliphatic carbocycles. The van der Waals surface area contributed by atoms with Gasteiger partial charge in [0.2, 0.25) is 0 Å². The van der Waals surface area contributed by atoms with E-state index in [2.05, 4.69) is 0 Å². The highest BCUT2D eigenvalue weighted by molar-refractivity contribution is 5.78. The topological polar surface area (TPSA) is 55.8 Å². The third kappa shape index (κ3) is 3.13. The van der Waals surface area contributed by atoms with Crippen LogP contribution in [0.3, 0.4) is 0 Å². The van der Waals surface area contributed by atoms with Gasteiger partial charge in [-0.2, -0.15) is 8.78 Å². The normalized spacial score (nSPS) is 11.2. The zero-order valence-corrected chi connectivity index (χ0v) is 9.15. The van der Waals surface area contributed by atoms with E-state index >= 15 is 0 Å². The monoisotopic (exact) mass is 246 g/mol. The van der Waals surface area contributed by atoms with E-state index in [1.165, 1.54) is 25.3 Å². The number of carboxylic acids is 1. The molecule has 0 atom stereocenters. The van der Waals surface area contributed by atoms with E-state index in [4.69, 9.17) is 14.6 Å². The first-order valence-corrected chi connectivity index (χ1v) is 4.82. The highest BCUT2D eigenvalue weighted by Crippen LogP contribution is 2.34. The summed E-state index contributed by atoms with van der Waals surface area (Å²) in [6.45, 7) is 0.302. The molecule has 0 spiro atoms. The van der Waals surface area contributed by atoms with Crippen molar-refractivity contribution in [3.05, 3.63) is 29.8 Å². The van der Waals surface area contributed by atoms with Crippen LogP contribution in [0, 0.1) is 0 Å². The van der Waals surface area contributed by atoms with Crippen LogP contribution < -0.4 is 4.74 Å². The highest BCUT2D eigenvalue weighted by atomic mass is 19.3. The average molecular weight is 246 g/mol. The second-order valence-corrected chi connectivity index (χ2v) is 3.22. The third-order valence-corrected chi connectivity index (χ3v) is 2.04. The Labute approximate surface area is 96.8 Å². The van der Waals surface area contributed by atoms with Crippen molar-refractivity contribution in [2.24, 2.45) is 0 Å². The number of benzene rings is 1. The number of hydrogen-bond donors (Lipinski definition) is 1. The van der Waals surface area contributed by atoms with Crippen LogP contribution in [-0.4, -0.2) is 31.4 Å². The van der Waals surface area contributed by atoms with Crippen molar-refractivity contribution in [1.82, 2.24) is 0 Å². The van der Waals surface area contributed by atoms with Crippen LogP contribution in [0.15, 0.2) is 24.3 Å². The second-order valence-electron chi connectivity index (χ2n) is 3.22. The summed E-state index contributed by atoms with van der Waals surface area (Å²) in [6, 6.07) is 5.14. The van der Waals surface area contributed by atoms with Crippen LogP contribution in [0.4, 0.5) is 8.78 Å². The molecule has 6 heteroatoms. The molecule has 0 unspecified atom stereocenters. The molecule has 1 rings (SSSR count). The molecular weight excluding hydrogens is 234 g/mol. The van der Waals surface area contributed by atoms with Gasteiger partial charge in [0.1, 0.15) is 12.4 Å². The smallest absolute Gasteiger partial charge is 0.379 e. The van der Waals surface area contributed by atoms with Gasteiger partial charge < -0.3 is 14.6 Å². The molecule has 0 saturated carbocycles. The maximum Gasteiger partial charge on any atom is 0.379 e. The molecular formula is C11H12F2O4. The fraction of sp³-hybridized carbons (Fsp3) is 0.364. The Hall–Kier alpha value is -1.69. The van der Waals surface area contributed by atoms with Gasteiger partial charge in [-0.3, -0.25) is 0 Å². The van der Waals surface area contributed by atoms with Crippen LogP contribution in [0.25, 0.3) is 0 Å². The Bertz CT molecular complexity index is 393. The fourth-order valence-corrected chi connectivity index (χ4v) is 1.20. The Morgan fingerprint density at radius 2 is 2.00 bits per heavy atom. The van der Waals surface area contributed by atoms with Crippen molar-refractivity contribution >= 4 is 5.97 Å². The van der Waals surface area contributed by atoms with Gasteiger partial charge in [0.15, 0.2) is 0 Å². The van der Waals surface area contributed by atoms with Crippen LogP contribution in [0.5, 0.6) is 5.75 Å². The van der Waals surface area contributed by atoms with E-state index in [1.54, 1.807) is 0 Å². The number of carboxylic acid groups (broad SMARTS) is 1. The van der Waals surface area contributed by atoms with Crippen LogP contribution in [0.1, 0.15) is 5.56 Å².